The van der Waals surface area contributed by atoms with Gasteiger partial charge in [-0.1, -0.05) is 6.07 Å². The van der Waals surface area contributed by atoms with Crippen molar-refractivity contribution in [1.82, 2.24) is 29.6 Å². The maximum absolute atomic E-state index is 12.9. The van der Waals surface area contributed by atoms with Crippen molar-refractivity contribution < 1.29 is 9.53 Å². The highest BCUT2D eigenvalue weighted by molar-refractivity contribution is 5.94. The van der Waals surface area contributed by atoms with Gasteiger partial charge in [0.15, 0.2) is 0 Å². The molecule has 0 spiro atoms. The van der Waals surface area contributed by atoms with Gasteiger partial charge in [0.1, 0.15) is 30.3 Å². The molecule has 1 aromatic carbocycles. The highest BCUT2D eigenvalue weighted by atomic mass is 16.5. The lowest BCUT2D eigenvalue weighted by Gasteiger charge is -2.33. The molecule has 1 unspecified atom stereocenters. The molecule has 0 radical (unpaired) electrons. The van der Waals surface area contributed by atoms with Crippen LogP contribution in [0.2, 0.25) is 0 Å². The molecule has 26 heavy (non-hydrogen) atoms. The van der Waals surface area contributed by atoms with E-state index in [0.29, 0.717) is 36.8 Å². The molecule has 0 aliphatic carbocycles. The standard InChI is InChI=1S/C17H17N7O2/c18-16-15(19-4-5-20-16)14-9-23(6-7-26-14)17(25)12-2-1-3-13(8-12)24-10-21-22-11-24/h1-5,8,10-11,14H,6-7,9H2,(H2,18,20). The highest BCUT2D eigenvalue weighted by Crippen LogP contribution is 2.24. The van der Waals surface area contributed by atoms with E-state index < -0.39 is 0 Å². The summed E-state index contributed by atoms with van der Waals surface area (Å²) < 4.78 is 7.50. The van der Waals surface area contributed by atoms with Gasteiger partial charge in [0, 0.05) is 30.2 Å². The normalized spacial score (nSPS) is 17.2. The number of hydrogen-bond donors (Lipinski definition) is 1. The Morgan fingerprint density at radius 2 is 2.00 bits per heavy atom. The number of amides is 1. The minimum atomic E-state index is -0.387. The first kappa shape index (κ1) is 16.2. The fourth-order valence-corrected chi connectivity index (χ4v) is 2.92. The summed E-state index contributed by atoms with van der Waals surface area (Å²) in [4.78, 5) is 23.0. The molecule has 1 amide bonds. The van der Waals surface area contributed by atoms with E-state index in [1.54, 1.807) is 34.4 Å². The Labute approximate surface area is 149 Å². The van der Waals surface area contributed by atoms with Crippen molar-refractivity contribution in [3.05, 3.63) is 60.6 Å². The van der Waals surface area contributed by atoms with Crippen LogP contribution in [-0.2, 0) is 4.74 Å². The van der Waals surface area contributed by atoms with Gasteiger partial charge in [0.05, 0.1) is 13.2 Å². The SMILES string of the molecule is Nc1nccnc1C1CN(C(=O)c2cccc(-n3cnnc3)c2)CCO1. The molecule has 1 saturated heterocycles. The van der Waals surface area contributed by atoms with Gasteiger partial charge in [-0.2, -0.15) is 0 Å². The van der Waals surface area contributed by atoms with Crippen molar-refractivity contribution in [2.24, 2.45) is 0 Å². The number of carbonyl (C=O) groups is 1. The third-order valence-corrected chi connectivity index (χ3v) is 4.22. The Kier molecular flexibility index (Phi) is 4.28. The van der Waals surface area contributed by atoms with Gasteiger partial charge in [-0.15, -0.1) is 10.2 Å². The maximum atomic E-state index is 12.9. The van der Waals surface area contributed by atoms with Crippen LogP contribution in [-0.4, -0.2) is 55.2 Å². The van der Waals surface area contributed by atoms with Gasteiger partial charge in [-0.25, -0.2) is 4.98 Å². The number of anilines is 1. The number of benzene rings is 1. The summed E-state index contributed by atoms with van der Waals surface area (Å²) in [5.74, 6) is 0.247. The number of nitrogens with two attached hydrogens (primary N) is 1. The van der Waals surface area contributed by atoms with Crippen molar-refractivity contribution in [3.8, 4) is 5.69 Å². The van der Waals surface area contributed by atoms with Gasteiger partial charge in [0.2, 0.25) is 0 Å². The number of aromatic nitrogens is 5. The van der Waals surface area contributed by atoms with E-state index in [1.807, 2.05) is 18.2 Å². The molecular weight excluding hydrogens is 334 g/mol. The summed E-state index contributed by atoms with van der Waals surface area (Å²) in [6.45, 7) is 1.29. The number of carbonyl (C=O) groups excluding carboxylic acids is 1. The first-order valence-corrected chi connectivity index (χ1v) is 8.14. The van der Waals surface area contributed by atoms with Gasteiger partial charge >= 0.3 is 0 Å². The lowest BCUT2D eigenvalue weighted by Crippen LogP contribution is -2.42. The van der Waals surface area contributed by atoms with E-state index in [2.05, 4.69) is 20.2 Å². The molecule has 3 aromatic rings. The highest BCUT2D eigenvalue weighted by Gasteiger charge is 2.28. The summed E-state index contributed by atoms with van der Waals surface area (Å²) >= 11 is 0. The van der Waals surface area contributed by atoms with Crippen LogP contribution >= 0.6 is 0 Å². The van der Waals surface area contributed by atoms with E-state index in [4.69, 9.17) is 10.5 Å². The summed E-state index contributed by atoms with van der Waals surface area (Å²) in [5, 5.41) is 7.58. The number of rotatable bonds is 3. The minimum absolute atomic E-state index is 0.0734. The van der Waals surface area contributed by atoms with E-state index in [1.165, 1.54) is 6.20 Å². The molecule has 4 rings (SSSR count). The Morgan fingerprint density at radius 3 is 2.81 bits per heavy atom. The fourth-order valence-electron chi connectivity index (χ4n) is 2.92. The molecule has 132 valence electrons. The molecule has 3 heterocycles. The van der Waals surface area contributed by atoms with Crippen LogP contribution in [0.5, 0.6) is 0 Å². The van der Waals surface area contributed by atoms with Crippen LogP contribution in [0.15, 0.2) is 49.3 Å². The molecule has 1 aliphatic rings. The average molecular weight is 351 g/mol. The number of ether oxygens (including phenoxy) is 1. The lowest BCUT2D eigenvalue weighted by molar-refractivity contribution is -0.0245. The van der Waals surface area contributed by atoms with Crippen molar-refractivity contribution in [3.63, 3.8) is 0 Å². The third-order valence-electron chi connectivity index (χ3n) is 4.22. The molecule has 1 atom stereocenters. The van der Waals surface area contributed by atoms with Crippen LogP contribution in [0.25, 0.3) is 5.69 Å². The Morgan fingerprint density at radius 1 is 1.19 bits per heavy atom. The Balaban J connectivity index is 1.55. The van der Waals surface area contributed by atoms with Gasteiger partial charge in [0.25, 0.3) is 5.91 Å². The second kappa shape index (κ2) is 6.89. The first-order valence-electron chi connectivity index (χ1n) is 8.14. The minimum Gasteiger partial charge on any atom is -0.382 e. The number of hydrogen-bond acceptors (Lipinski definition) is 7. The fraction of sp³-hybridized carbons (Fsp3) is 0.235. The summed E-state index contributed by atoms with van der Waals surface area (Å²) in [6.07, 6.45) is 5.89. The molecule has 1 aliphatic heterocycles. The maximum Gasteiger partial charge on any atom is 0.254 e. The van der Waals surface area contributed by atoms with E-state index in [-0.39, 0.29) is 12.0 Å². The van der Waals surface area contributed by atoms with Crippen LogP contribution in [0, 0.1) is 0 Å². The van der Waals surface area contributed by atoms with Gasteiger partial charge in [-0.3, -0.25) is 14.3 Å². The molecule has 1 fully saturated rings. The van der Waals surface area contributed by atoms with Crippen LogP contribution in [0.4, 0.5) is 5.82 Å². The number of morpholine rings is 1. The molecule has 9 heteroatoms. The topological polar surface area (TPSA) is 112 Å². The zero-order valence-electron chi connectivity index (χ0n) is 13.9. The molecule has 2 N–H and O–H groups in total. The molecule has 0 bridgehead atoms. The van der Waals surface area contributed by atoms with E-state index in [9.17, 15) is 4.79 Å². The monoisotopic (exact) mass is 351 g/mol. The van der Waals surface area contributed by atoms with E-state index in [0.717, 1.165) is 5.69 Å². The van der Waals surface area contributed by atoms with Crippen molar-refractivity contribution in [2.75, 3.05) is 25.4 Å². The first-order chi connectivity index (χ1) is 12.7. The Bertz CT molecular complexity index is 913. The van der Waals surface area contributed by atoms with Gasteiger partial charge in [-0.05, 0) is 18.2 Å². The summed E-state index contributed by atoms with van der Waals surface area (Å²) in [7, 11) is 0. The van der Waals surface area contributed by atoms with Crippen LogP contribution < -0.4 is 5.73 Å². The molecule has 0 saturated carbocycles. The third kappa shape index (κ3) is 3.11. The largest absolute Gasteiger partial charge is 0.382 e. The van der Waals surface area contributed by atoms with Crippen molar-refractivity contribution in [1.29, 1.82) is 0 Å². The lowest BCUT2D eigenvalue weighted by atomic mass is 10.1. The quantitative estimate of drug-likeness (QED) is 0.744. The number of nitrogens with zero attached hydrogens (tertiary/aromatic N) is 6. The van der Waals surface area contributed by atoms with Crippen LogP contribution in [0.1, 0.15) is 22.2 Å². The molecule has 9 nitrogen and oxygen atoms in total. The average Bonchev–Trinajstić information content (AvgIpc) is 3.23. The Hall–Kier alpha value is -3.33. The zero-order valence-corrected chi connectivity index (χ0v) is 13.9. The second-order valence-corrected chi connectivity index (χ2v) is 5.86. The zero-order chi connectivity index (χ0) is 17.9. The number of nitrogen functional groups attached to an aromatic ring is 1. The molecular formula is C17H17N7O2. The summed E-state index contributed by atoms with van der Waals surface area (Å²) in [5.41, 5.74) is 7.86. The smallest absolute Gasteiger partial charge is 0.254 e. The van der Waals surface area contributed by atoms with Gasteiger partial charge < -0.3 is 15.4 Å². The van der Waals surface area contributed by atoms with Crippen molar-refractivity contribution >= 4 is 11.7 Å². The predicted molar refractivity (Wildman–Crippen MR) is 92.4 cm³/mol. The molecule has 2 aromatic heterocycles. The van der Waals surface area contributed by atoms with Crippen molar-refractivity contribution in [2.45, 2.75) is 6.10 Å². The van der Waals surface area contributed by atoms with Crippen LogP contribution in [0.3, 0.4) is 0 Å². The van der Waals surface area contributed by atoms with E-state index >= 15 is 0 Å². The second-order valence-electron chi connectivity index (χ2n) is 5.86. The predicted octanol–water partition coefficient (Wildman–Crippen LogP) is 0.853. The summed E-state index contributed by atoms with van der Waals surface area (Å²) in [6, 6.07) is 7.33.